The zero-order valence-electron chi connectivity index (χ0n) is 42.1. The van der Waals surface area contributed by atoms with Gasteiger partial charge in [0.1, 0.15) is 19.8 Å². The molecule has 2 N–H and O–H groups in total. The summed E-state index contributed by atoms with van der Waals surface area (Å²) in [6.45, 7) is 3.81. The van der Waals surface area contributed by atoms with Crippen LogP contribution >= 0.6 is 7.82 Å². The molecule has 0 saturated carbocycles. The number of likely N-dealkylation sites (N-methyl/N-ethyl adjacent to an activating group) is 1. The fourth-order valence-electron chi connectivity index (χ4n) is 6.57. The highest BCUT2D eigenvalue weighted by Crippen LogP contribution is 2.38. The Morgan fingerprint density at radius 2 is 1.14 bits per heavy atom. The van der Waals surface area contributed by atoms with Crippen molar-refractivity contribution in [3.8, 4) is 0 Å². The molecule has 0 rings (SSSR count). The van der Waals surface area contributed by atoms with Gasteiger partial charge >= 0.3 is 11.9 Å². The molecule has 0 aliphatic carbocycles. The van der Waals surface area contributed by atoms with E-state index in [0.29, 0.717) is 43.1 Å². The van der Waals surface area contributed by atoms with Crippen molar-refractivity contribution in [2.45, 2.75) is 199 Å². The van der Waals surface area contributed by atoms with Crippen LogP contribution < -0.4 is 4.89 Å². The number of aliphatic hydroxyl groups is 2. The summed E-state index contributed by atoms with van der Waals surface area (Å²) in [5.74, 6) is -1.02. The Balaban J connectivity index is 4.48. The summed E-state index contributed by atoms with van der Waals surface area (Å²) in [7, 11) is 1.03. The summed E-state index contributed by atoms with van der Waals surface area (Å²) < 4.78 is 33.8. The number of carbonyl (C=O) groups excluding carboxylic acids is 2. The predicted octanol–water partition coefficient (Wildman–Crippen LogP) is 12.4. The van der Waals surface area contributed by atoms with Gasteiger partial charge in [0.15, 0.2) is 6.10 Å². The molecule has 0 aliphatic rings. The molecule has 11 nitrogen and oxygen atoms in total. The Bertz CT molecular complexity index is 1430. The summed E-state index contributed by atoms with van der Waals surface area (Å²) in [6.07, 6.45) is 51.2. The van der Waals surface area contributed by atoms with Crippen molar-refractivity contribution < 1.29 is 52.3 Å². The van der Waals surface area contributed by atoms with Gasteiger partial charge in [0.2, 0.25) is 0 Å². The molecule has 0 aliphatic heterocycles. The number of esters is 2. The van der Waals surface area contributed by atoms with E-state index < -0.39 is 44.7 Å². The average molecular weight is 948 g/mol. The third kappa shape index (κ3) is 47.6. The van der Waals surface area contributed by atoms with Crippen molar-refractivity contribution in [1.82, 2.24) is 0 Å². The van der Waals surface area contributed by atoms with Gasteiger partial charge in [0, 0.05) is 12.8 Å². The first-order valence-corrected chi connectivity index (χ1v) is 27.0. The summed E-state index contributed by atoms with van der Waals surface area (Å²) in [4.78, 5) is 37.7. The number of phosphoric ester groups is 1. The van der Waals surface area contributed by atoms with Gasteiger partial charge in [-0.1, -0.05) is 189 Å². The molecule has 1 unspecified atom stereocenters. The van der Waals surface area contributed by atoms with Crippen LogP contribution in [0.5, 0.6) is 0 Å². The van der Waals surface area contributed by atoms with Gasteiger partial charge in [0.25, 0.3) is 7.82 Å². The standard InChI is InChI=1S/C54H94NO10P/c1-6-8-10-11-12-13-14-15-16-17-18-19-20-21-22-23-24-25-29-32-38-44-53(58)62-48-52(49-64-66(60,61)63-47-46-55(3,4)5)65-54(59)45-39-33-37-43-51(57)42-36-31-28-26-27-30-35-41-50(56)40-34-9-7-2/h9,15-16,27-28,30-31,34-37,41-43,50-52,56-57H,6-8,10-14,17-26,29,32-33,38-40,44-49H2,1-5H3/b16-15-,30-27-,31-28-,34-9-,41-35+,42-36+,43-37-/t50-,51-,52+/m0/s1. The quantitative estimate of drug-likeness (QED) is 0.0151. The zero-order valence-corrected chi connectivity index (χ0v) is 43.0. The lowest BCUT2D eigenvalue weighted by molar-refractivity contribution is -0.870. The number of nitrogens with zero attached hydrogens (tertiary/aromatic N) is 1. The van der Waals surface area contributed by atoms with Crippen LogP contribution in [0.3, 0.4) is 0 Å². The van der Waals surface area contributed by atoms with Gasteiger partial charge in [-0.05, 0) is 64.2 Å². The van der Waals surface area contributed by atoms with Gasteiger partial charge < -0.3 is 38.1 Å². The Hall–Kier alpha value is -2.89. The number of unbranched alkanes of at least 4 members (excludes halogenated alkanes) is 18. The number of aliphatic hydroxyl groups excluding tert-OH is 2. The number of rotatable bonds is 45. The van der Waals surface area contributed by atoms with E-state index in [9.17, 15) is 29.3 Å². The summed E-state index contributed by atoms with van der Waals surface area (Å²) in [5.41, 5.74) is 0. The fourth-order valence-corrected chi connectivity index (χ4v) is 7.29. The molecule has 0 aromatic rings. The van der Waals surface area contributed by atoms with Crippen molar-refractivity contribution in [3.05, 3.63) is 85.1 Å². The van der Waals surface area contributed by atoms with E-state index in [0.717, 1.165) is 25.7 Å². The molecule has 0 bridgehead atoms. The molecule has 0 aromatic heterocycles. The summed E-state index contributed by atoms with van der Waals surface area (Å²) >= 11 is 0. The lowest BCUT2D eigenvalue weighted by Crippen LogP contribution is -2.37. The molecule has 0 amide bonds. The van der Waals surface area contributed by atoms with Gasteiger partial charge in [-0.25, -0.2) is 0 Å². The number of ether oxygens (including phenoxy) is 2. The average Bonchev–Trinajstić information content (AvgIpc) is 3.26. The normalized spacial score (nSPS) is 15.1. The molecule has 66 heavy (non-hydrogen) atoms. The monoisotopic (exact) mass is 948 g/mol. The minimum absolute atomic E-state index is 0.0350. The lowest BCUT2D eigenvalue weighted by Gasteiger charge is -2.28. The molecule has 12 heteroatoms. The largest absolute Gasteiger partial charge is 0.756 e. The Kier molecular flexibility index (Phi) is 42.7. The van der Waals surface area contributed by atoms with E-state index in [1.807, 2.05) is 63.7 Å². The zero-order chi connectivity index (χ0) is 48.8. The minimum Gasteiger partial charge on any atom is -0.756 e. The van der Waals surface area contributed by atoms with E-state index in [1.54, 1.807) is 30.4 Å². The topological polar surface area (TPSA) is 152 Å². The first-order valence-electron chi connectivity index (χ1n) is 25.5. The summed E-state index contributed by atoms with van der Waals surface area (Å²) in [5, 5.41) is 20.1. The van der Waals surface area contributed by atoms with Crippen molar-refractivity contribution in [1.29, 1.82) is 0 Å². The van der Waals surface area contributed by atoms with Gasteiger partial charge in [-0.3, -0.25) is 14.2 Å². The highest BCUT2D eigenvalue weighted by atomic mass is 31.2. The maximum Gasteiger partial charge on any atom is 0.306 e. The molecule has 0 aromatic carbocycles. The van der Waals surface area contributed by atoms with Gasteiger partial charge in [-0.2, -0.15) is 0 Å². The van der Waals surface area contributed by atoms with Crippen LogP contribution in [0.1, 0.15) is 181 Å². The number of hydrogen-bond acceptors (Lipinski definition) is 10. The van der Waals surface area contributed by atoms with Crippen LogP contribution in [0.2, 0.25) is 0 Å². The van der Waals surface area contributed by atoms with Crippen LogP contribution in [-0.4, -0.2) is 92.5 Å². The van der Waals surface area contributed by atoms with E-state index in [4.69, 9.17) is 18.5 Å². The second-order valence-electron chi connectivity index (χ2n) is 18.2. The maximum absolute atomic E-state index is 12.7. The number of carbonyl (C=O) groups is 2. The SMILES string of the molecule is CC/C=C\C[C@H](O)/C=C/C=C\C/C=C\C=C\[C@H](O)/C=C\CCCC(=O)O[C@H](COC(=O)CCCCCCCCCCCCC/C=C\CCCCCCCC)COP(=O)([O-])OCC[N+](C)(C)C. The fraction of sp³-hybridized carbons (Fsp3) is 0.704. The molecule has 0 radical (unpaired) electrons. The van der Waals surface area contributed by atoms with Crippen LogP contribution in [0.15, 0.2) is 85.1 Å². The Morgan fingerprint density at radius 3 is 1.73 bits per heavy atom. The summed E-state index contributed by atoms with van der Waals surface area (Å²) in [6, 6.07) is 0. The maximum atomic E-state index is 12.7. The number of hydrogen-bond donors (Lipinski definition) is 2. The van der Waals surface area contributed by atoms with Crippen LogP contribution in [-0.2, 0) is 32.7 Å². The minimum atomic E-state index is -4.69. The van der Waals surface area contributed by atoms with Crippen LogP contribution in [0.25, 0.3) is 0 Å². The van der Waals surface area contributed by atoms with Crippen molar-refractivity contribution in [2.75, 3.05) is 47.5 Å². The molecule has 0 heterocycles. The Labute approximate surface area is 402 Å². The second-order valence-corrected chi connectivity index (χ2v) is 19.6. The predicted molar refractivity (Wildman–Crippen MR) is 271 cm³/mol. The molecule has 0 saturated heterocycles. The van der Waals surface area contributed by atoms with Gasteiger partial charge in [-0.15, -0.1) is 0 Å². The molecular weight excluding hydrogens is 854 g/mol. The second kappa shape index (κ2) is 44.6. The third-order valence-electron chi connectivity index (χ3n) is 10.6. The molecular formula is C54H94NO10P. The van der Waals surface area contributed by atoms with E-state index in [2.05, 4.69) is 26.0 Å². The van der Waals surface area contributed by atoms with E-state index in [1.165, 1.54) is 96.3 Å². The third-order valence-corrected chi connectivity index (χ3v) is 11.5. The van der Waals surface area contributed by atoms with Crippen LogP contribution in [0, 0.1) is 0 Å². The molecule has 380 valence electrons. The van der Waals surface area contributed by atoms with Crippen LogP contribution in [0.4, 0.5) is 0 Å². The molecule has 0 fully saturated rings. The first-order chi connectivity index (χ1) is 31.8. The lowest BCUT2D eigenvalue weighted by atomic mass is 10.0. The van der Waals surface area contributed by atoms with E-state index in [-0.39, 0.29) is 26.1 Å². The van der Waals surface area contributed by atoms with Crippen molar-refractivity contribution in [2.24, 2.45) is 0 Å². The van der Waals surface area contributed by atoms with E-state index >= 15 is 0 Å². The molecule has 0 spiro atoms. The van der Waals surface area contributed by atoms with Gasteiger partial charge in [0.05, 0.1) is 40.0 Å². The van der Waals surface area contributed by atoms with Crippen molar-refractivity contribution >= 4 is 19.8 Å². The highest BCUT2D eigenvalue weighted by Gasteiger charge is 2.21. The highest BCUT2D eigenvalue weighted by molar-refractivity contribution is 7.45. The number of phosphoric acid groups is 1. The number of allylic oxidation sites excluding steroid dienone is 10. The number of quaternary nitrogens is 1. The van der Waals surface area contributed by atoms with Crippen molar-refractivity contribution in [3.63, 3.8) is 0 Å². The smallest absolute Gasteiger partial charge is 0.306 e. The first kappa shape index (κ1) is 63.1. The molecule has 4 atom stereocenters. The Morgan fingerprint density at radius 1 is 0.591 bits per heavy atom.